The van der Waals surface area contributed by atoms with Gasteiger partial charge in [-0.05, 0) is 20.8 Å². The number of aromatic nitrogens is 1. The molecule has 16 heavy (non-hydrogen) atoms. The number of carbonyl (C=O) groups excluding carboxylic acids is 1. The van der Waals surface area contributed by atoms with Crippen molar-refractivity contribution in [2.75, 3.05) is 0 Å². The average molecular weight is 227 g/mol. The predicted molar refractivity (Wildman–Crippen MR) is 54.7 cm³/mol. The van der Waals surface area contributed by atoms with Crippen molar-refractivity contribution < 1.29 is 24.5 Å². The number of aromatic carboxylic acids is 1. The maximum atomic E-state index is 11.6. The van der Waals surface area contributed by atoms with E-state index in [0.29, 0.717) is 0 Å². The Morgan fingerprint density at radius 1 is 1.38 bits per heavy atom. The third kappa shape index (κ3) is 2.75. The van der Waals surface area contributed by atoms with E-state index in [1.54, 1.807) is 20.8 Å². The van der Waals surface area contributed by atoms with Crippen LogP contribution in [0.2, 0.25) is 0 Å². The van der Waals surface area contributed by atoms with Gasteiger partial charge in [0.1, 0.15) is 17.0 Å². The van der Waals surface area contributed by atoms with Gasteiger partial charge in [0.2, 0.25) is 0 Å². The van der Waals surface area contributed by atoms with Crippen LogP contribution in [0, 0.1) is 0 Å². The molecule has 0 saturated heterocycles. The summed E-state index contributed by atoms with van der Waals surface area (Å²) in [6, 6.07) is 0.978. The first-order valence-electron chi connectivity index (χ1n) is 4.59. The molecule has 88 valence electrons. The Morgan fingerprint density at radius 3 is 2.38 bits per heavy atom. The van der Waals surface area contributed by atoms with E-state index in [9.17, 15) is 9.59 Å². The summed E-state index contributed by atoms with van der Waals surface area (Å²) in [5, 5.41) is 17.9. The molecule has 0 aromatic carbocycles. The summed E-state index contributed by atoms with van der Waals surface area (Å²) in [6.07, 6.45) is 0.155. The Labute approximate surface area is 92.1 Å². The maximum Gasteiger partial charge on any atom is 0.419 e. The van der Waals surface area contributed by atoms with Crippen LogP contribution in [-0.4, -0.2) is 32.4 Å². The lowest BCUT2D eigenvalue weighted by molar-refractivity contribution is 0.0505. The van der Waals surface area contributed by atoms with Gasteiger partial charge in [0.05, 0.1) is 6.20 Å². The van der Waals surface area contributed by atoms with Crippen LogP contribution < -0.4 is 0 Å². The summed E-state index contributed by atoms with van der Waals surface area (Å²) >= 11 is 0. The van der Waals surface area contributed by atoms with Crippen LogP contribution in [0.15, 0.2) is 12.3 Å². The summed E-state index contributed by atoms with van der Waals surface area (Å²) in [5.41, 5.74) is -1.07. The highest BCUT2D eigenvalue weighted by Crippen LogP contribution is 2.17. The number of carboxylic acid groups (broad SMARTS) is 1. The van der Waals surface area contributed by atoms with Gasteiger partial charge in [-0.3, -0.25) is 0 Å². The number of aromatic hydroxyl groups is 1. The molecule has 0 amide bonds. The van der Waals surface area contributed by atoms with Gasteiger partial charge in [-0.15, -0.1) is 0 Å². The Kier molecular flexibility index (Phi) is 2.93. The SMILES string of the molecule is CC(C)(C)OC(=O)n1cc(O)cc1C(=O)O. The summed E-state index contributed by atoms with van der Waals surface area (Å²) in [7, 11) is 0. The molecule has 2 N–H and O–H groups in total. The van der Waals surface area contributed by atoms with Crippen molar-refractivity contribution in [1.29, 1.82) is 0 Å². The zero-order valence-corrected chi connectivity index (χ0v) is 9.22. The Bertz CT molecular complexity index is 427. The van der Waals surface area contributed by atoms with Crippen LogP contribution in [0.5, 0.6) is 5.75 Å². The Morgan fingerprint density at radius 2 is 1.94 bits per heavy atom. The minimum atomic E-state index is -1.31. The first kappa shape index (κ1) is 12.1. The predicted octanol–water partition coefficient (Wildman–Crippen LogP) is 1.68. The number of carboxylic acids is 1. The van der Waals surface area contributed by atoms with Crippen LogP contribution in [0.25, 0.3) is 0 Å². The lowest BCUT2D eigenvalue weighted by atomic mass is 10.2. The third-order valence-electron chi connectivity index (χ3n) is 1.61. The van der Waals surface area contributed by atoms with Gasteiger partial charge in [-0.25, -0.2) is 14.2 Å². The number of nitrogens with zero attached hydrogens (tertiary/aromatic N) is 1. The number of hydrogen-bond donors (Lipinski definition) is 2. The third-order valence-corrected chi connectivity index (χ3v) is 1.61. The Hall–Kier alpha value is -1.98. The van der Waals surface area contributed by atoms with Gasteiger partial charge in [-0.2, -0.15) is 0 Å². The number of hydrogen-bond acceptors (Lipinski definition) is 4. The van der Waals surface area contributed by atoms with Crippen molar-refractivity contribution in [3.63, 3.8) is 0 Å². The molecule has 0 atom stereocenters. The fourth-order valence-electron chi connectivity index (χ4n) is 1.08. The zero-order chi connectivity index (χ0) is 12.5. The highest BCUT2D eigenvalue weighted by Gasteiger charge is 2.22. The van der Waals surface area contributed by atoms with Gasteiger partial charge >= 0.3 is 12.1 Å². The van der Waals surface area contributed by atoms with Gasteiger partial charge in [0, 0.05) is 6.07 Å². The monoisotopic (exact) mass is 227 g/mol. The van der Waals surface area contributed by atoms with E-state index >= 15 is 0 Å². The summed E-state index contributed by atoms with van der Waals surface area (Å²) in [6.45, 7) is 4.98. The van der Waals surface area contributed by atoms with Gasteiger partial charge in [-0.1, -0.05) is 0 Å². The van der Waals surface area contributed by atoms with Crippen molar-refractivity contribution in [2.24, 2.45) is 0 Å². The van der Waals surface area contributed by atoms with Crippen molar-refractivity contribution in [3.8, 4) is 5.75 Å². The Balaban J connectivity index is 3.04. The smallest absolute Gasteiger partial charge is 0.419 e. The summed E-state index contributed by atoms with van der Waals surface area (Å²) < 4.78 is 5.73. The first-order chi connectivity index (χ1) is 7.20. The number of ether oxygens (including phenoxy) is 1. The second-order valence-corrected chi connectivity index (χ2v) is 4.24. The van der Waals surface area contributed by atoms with Crippen molar-refractivity contribution in [1.82, 2.24) is 4.57 Å². The van der Waals surface area contributed by atoms with Crippen molar-refractivity contribution in [2.45, 2.75) is 26.4 Å². The van der Waals surface area contributed by atoms with Gasteiger partial charge < -0.3 is 14.9 Å². The molecule has 0 aliphatic heterocycles. The van der Waals surface area contributed by atoms with E-state index in [4.69, 9.17) is 14.9 Å². The van der Waals surface area contributed by atoms with Crippen LogP contribution in [0.1, 0.15) is 31.3 Å². The van der Waals surface area contributed by atoms with Crippen LogP contribution >= 0.6 is 0 Å². The van der Waals surface area contributed by atoms with E-state index in [-0.39, 0.29) is 11.4 Å². The molecular formula is C10H13NO5. The summed E-state index contributed by atoms with van der Waals surface area (Å²) in [4.78, 5) is 22.3. The molecule has 0 bridgehead atoms. The van der Waals surface area contributed by atoms with Crippen LogP contribution in [-0.2, 0) is 4.74 Å². The molecule has 0 radical (unpaired) electrons. The molecule has 0 saturated carbocycles. The number of rotatable bonds is 1. The first-order valence-corrected chi connectivity index (χ1v) is 4.59. The average Bonchev–Trinajstić information content (AvgIpc) is 2.44. The molecule has 6 nitrogen and oxygen atoms in total. The van der Waals surface area contributed by atoms with E-state index in [1.165, 1.54) is 0 Å². The molecule has 1 aromatic heterocycles. The van der Waals surface area contributed by atoms with E-state index in [2.05, 4.69) is 0 Å². The summed E-state index contributed by atoms with van der Waals surface area (Å²) in [5.74, 6) is -1.62. The zero-order valence-electron chi connectivity index (χ0n) is 9.22. The standard InChI is InChI=1S/C10H13NO5/c1-10(2,3)16-9(15)11-5-6(12)4-7(11)8(13)14/h4-5,12H,1-3H3,(H,13,14). The topological polar surface area (TPSA) is 88.8 Å². The molecule has 1 aromatic rings. The molecule has 0 aliphatic carbocycles. The molecule has 0 unspecified atom stereocenters. The normalized spacial score (nSPS) is 11.2. The largest absolute Gasteiger partial charge is 0.506 e. The van der Waals surface area contributed by atoms with Crippen LogP contribution in [0.3, 0.4) is 0 Å². The highest BCUT2D eigenvalue weighted by molar-refractivity contribution is 5.91. The van der Waals surface area contributed by atoms with Crippen molar-refractivity contribution in [3.05, 3.63) is 18.0 Å². The molecule has 0 fully saturated rings. The second kappa shape index (κ2) is 3.88. The molecule has 6 heteroatoms. The lowest BCUT2D eigenvalue weighted by Gasteiger charge is -2.19. The lowest BCUT2D eigenvalue weighted by Crippen LogP contribution is -2.28. The maximum absolute atomic E-state index is 11.6. The fourth-order valence-corrected chi connectivity index (χ4v) is 1.08. The fraction of sp³-hybridized carbons (Fsp3) is 0.400. The minimum Gasteiger partial charge on any atom is -0.506 e. The van der Waals surface area contributed by atoms with E-state index < -0.39 is 17.7 Å². The van der Waals surface area contributed by atoms with Crippen molar-refractivity contribution >= 4 is 12.1 Å². The molecule has 1 rings (SSSR count). The van der Waals surface area contributed by atoms with Gasteiger partial charge in [0.15, 0.2) is 0 Å². The van der Waals surface area contributed by atoms with E-state index in [0.717, 1.165) is 16.8 Å². The van der Waals surface area contributed by atoms with Gasteiger partial charge in [0.25, 0.3) is 0 Å². The highest BCUT2D eigenvalue weighted by atomic mass is 16.6. The minimum absolute atomic E-state index is 0.303. The molecular weight excluding hydrogens is 214 g/mol. The van der Waals surface area contributed by atoms with E-state index in [1.807, 2.05) is 0 Å². The number of carbonyl (C=O) groups is 2. The molecule has 0 spiro atoms. The molecule has 1 heterocycles. The molecule has 0 aliphatic rings. The second-order valence-electron chi connectivity index (χ2n) is 4.24. The quantitative estimate of drug-likeness (QED) is 0.761. The van der Waals surface area contributed by atoms with Crippen LogP contribution in [0.4, 0.5) is 4.79 Å².